The number of aromatic nitrogens is 6. The monoisotopic (exact) mass is 458 g/mol. The molecule has 0 bridgehead atoms. The molecule has 180 valence electrons. The number of carbonyl (C=O) groups excluding carboxylic acids is 2. The van der Waals surface area contributed by atoms with Gasteiger partial charge in [0, 0.05) is 38.7 Å². The van der Waals surface area contributed by atoms with Gasteiger partial charge in [0.2, 0.25) is 11.8 Å². The molecule has 2 aliphatic rings. The van der Waals surface area contributed by atoms with Crippen LogP contribution in [0.5, 0.6) is 0 Å². The number of nitrogens with one attached hydrogen (secondary N) is 1. The summed E-state index contributed by atoms with van der Waals surface area (Å²) in [4.78, 5) is 29.7. The quantitative estimate of drug-likeness (QED) is 0.553. The minimum atomic E-state index is -0.734. The number of amides is 2. The lowest BCUT2D eigenvalue weighted by molar-refractivity contribution is -0.144. The van der Waals surface area contributed by atoms with E-state index in [0.29, 0.717) is 25.3 Å². The number of carbonyl (C=O) groups is 2. The molecule has 2 fully saturated rings. The van der Waals surface area contributed by atoms with Crippen molar-refractivity contribution in [3.63, 3.8) is 0 Å². The molecule has 2 aromatic rings. The van der Waals surface area contributed by atoms with Crippen LogP contribution in [0.15, 0.2) is 12.4 Å². The van der Waals surface area contributed by atoms with E-state index >= 15 is 0 Å². The van der Waals surface area contributed by atoms with E-state index in [2.05, 4.69) is 25.8 Å². The molecule has 2 amide bonds. The summed E-state index contributed by atoms with van der Waals surface area (Å²) in [5, 5.41) is 30.0. The Labute approximate surface area is 193 Å². The van der Waals surface area contributed by atoms with Crippen molar-refractivity contribution in [2.45, 2.75) is 77.0 Å². The smallest absolute Gasteiger partial charge is 0.248 e. The number of aliphatic hydroxyl groups excluding tert-OH is 1. The summed E-state index contributed by atoms with van der Waals surface area (Å²) in [6.07, 6.45) is 6.67. The second-order valence-electron chi connectivity index (χ2n) is 10.3. The number of aliphatic hydroxyl groups is 1. The molecule has 11 nitrogen and oxygen atoms in total. The van der Waals surface area contributed by atoms with Crippen molar-refractivity contribution in [1.82, 2.24) is 40.2 Å². The topological polar surface area (TPSA) is 131 Å². The maximum absolute atomic E-state index is 13.7. The molecule has 1 saturated heterocycles. The SMILES string of the molecule is Cn1ncc(CCCNC(=O)C2CC(O)CN2C(=O)[C@@H](n2cc(C3CC3)nn2)C(C)(C)C)n1. The van der Waals surface area contributed by atoms with Gasteiger partial charge in [0.15, 0.2) is 0 Å². The second kappa shape index (κ2) is 9.20. The van der Waals surface area contributed by atoms with Crippen molar-refractivity contribution in [1.29, 1.82) is 0 Å². The highest BCUT2D eigenvalue weighted by Gasteiger charge is 2.45. The molecule has 11 heteroatoms. The van der Waals surface area contributed by atoms with Gasteiger partial charge in [-0.05, 0) is 31.1 Å². The molecule has 0 aromatic carbocycles. The molecule has 1 saturated carbocycles. The lowest BCUT2D eigenvalue weighted by Gasteiger charge is -2.34. The number of rotatable bonds is 8. The summed E-state index contributed by atoms with van der Waals surface area (Å²) in [5.41, 5.74) is 1.33. The number of β-amino-alcohol motifs (C(OH)–C–C–N with tert-alkyl or cyclic N) is 1. The van der Waals surface area contributed by atoms with E-state index in [1.807, 2.05) is 27.0 Å². The van der Waals surface area contributed by atoms with E-state index in [9.17, 15) is 14.7 Å². The van der Waals surface area contributed by atoms with Gasteiger partial charge in [0.1, 0.15) is 12.1 Å². The van der Waals surface area contributed by atoms with Crippen molar-refractivity contribution < 1.29 is 14.7 Å². The first-order valence-electron chi connectivity index (χ1n) is 11.7. The van der Waals surface area contributed by atoms with Gasteiger partial charge in [-0.15, -0.1) is 5.10 Å². The Morgan fingerprint density at radius 3 is 2.70 bits per heavy atom. The Balaban J connectivity index is 1.41. The first kappa shape index (κ1) is 23.3. The molecular weight excluding hydrogens is 424 g/mol. The molecule has 1 aliphatic carbocycles. The first-order valence-corrected chi connectivity index (χ1v) is 11.7. The molecule has 2 unspecified atom stereocenters. The van der Waals surface area contributed by atoms with Gasteiger partial charge in [-0.3, -0.25) is 9.59 Å². The Morgan fingerprint density at radius 2 is 2.06 bits per heavy atom. The van der Waals surface area contributed by atoms with Gasteiger partial charge in [0.25, 0.3) is 0 Å². The first-order chi connectivity index (χ1) is 15.6. The van der Waals surface area contributed by atoms with Crippen LogP contribution >= 0.6 is 0 Å². The largest absolute Gasteiger partial charge is 0.391 e. The van der Waals surface area contributed by atoms with E-state index in [4.69, 9.17) is 0 Å². The van der Waals surface area contributed by atoms with Crippen molar-refractivity contribution in [2.75, 3.05) is 13.1 Å². The normalized spacial score (nSPS) is 21.9. The maximum atomic E-state index is 13.7. The van der Waals surface area contributed by atoms with Crippen LogP contribution in [0.1, 0.15) is 69.8 Å². The highest BCUT2D eigenvalue weighted by Crippen LogP contribution is 2.40. The third-order valence-electron chi connectivity index (χ3n) is 6.26. The van der Waals surface area contributed by atoms with Gasteiger partial charge in [0.05, 0.1) is 23.7 Å². The standard InChI is InChI=1S/C22H34N8O3/c1-22(2,3)19(30-13-17(25-27-30)14-7-8-14)21(33)29-12-16(31)10-18(29)20(32)23-9-5-6-15-11-24-28(4)26-15/h11,13-14,16,18-19,31H,5-10,12H2,1-4H3,(H,23,32)/t16?,18?,19-/m1/s1. The molecule has 2 N–H and O–H groups in total. The summed E-state index contributed by atoms with van der Waals surface area (Å²) < 4.78 is 1.64. The Hall–Kier alpha value is -2.82. The molecule has 0 spiro atoms. The Kier molecular flexibility index (Phi) is 6.51. The molecule has 0 radical (unpaired) electrons. The van der Waals surface area contributed by atoms with Crippen LogP contribution < -0.4 is 5.32 Å². The lowest BCUT2D eigenvalue weighted by Crippen LogP contribution is -2.50. The minimum absolute atomic E-state index is 0.132. The lowest BCUT2D eigenvalue weighted by atomic mass is 9.85. The van der Waals surface area contributed by atoms with Gasteiger partial charge in [-0.25, -0.2) is 4.68 Å². The van der Waals surface area contributed by atoms with Gasteiger partial charge in [-0.2, -0.15) is 15.0 Å². The van der Waals surface area contributed by atoms with E-state index in [-0.39, 0.29) is 24.8 Å². The van der Waals surface area contributed by atoms with Crippen molar-refractivity contribution in [2.24, 2.45) is 12.5 Å². The fourth-order valence-corrected chi connectivity index (χ4v) is 4.43. The van der Waals surface area contributed by atoms with Crippen molar-refractivity contribution in [3.8, 4) is 0 Å². The predicted molar refractivity (Wildman–Crippen MR) is 119 cm³/mol. The molecular formula is C22H34N8O3. The highest BCUT2D eigenvalue weighted by atomic mass is 16.3. The fourth-order valence-electron chi connectivity index (χ4n) is 4.43. The van der Waals surface area contributed by atoms with Crippen molar-refractivity contribution in [3.05, 3.63) is 23.8 Å². The average molecular weight is 459 g/mol. The molecule has 3 atom stereocenters. The summed E-state index contributed by atoms with van der Waals surface area (Å²) in [6.45, 7) is 6.51. The maximum Gasteiger partial charge on any atom is 0.248 e. The third kappa shape index (κ3) is 5.40. The van der Waals surface area contributed by atoms with Crippen LogP contribution in [0.3, 0.4) is 0 Å². The van der Waals surface area contributed by atoms with Gasteiger partial charge < -0.3 is 15.3 Å². The summed E-state index contributed by atoms with van der Waals surface area (Å²) in [5.74, 6) is -0.0292. The van der Waals surface area contributed by atoms with Crippen LogP contribution in [0.2, 0.25) is 0 Å². The molecule has 4 rings (SSSR count). The van der Waals surface area contributed by atoms with E-state index in [1.54, 1.807) is 17.9 Å². The number of hydrogen-bond donors (Lipinski definition) is 2. The number of aryl methyl sites for hydroxylation is 2. The number of hydrogen-bond acceptors (Lipinski definition) is 7. The van der Waals surface area contributed by atoms with Gasteiger partial charge in [-0.1, -0.05) is 26.0 Å². The van der Waals surface area contributed by atoms with Crippen LogP contribution in [-0.2, 0) is 23.1 Å². The van der Waals surface area contributed by atoms with Crippen LogP contribution in [0, 0.1) is 5.41 Å². The van der Waals surface area contributed by atoms with Crippen LogP contribution in [-0.4, -0.2) is 77.0 Å². The summed E-state index contributed by atoms with van der Waals surface area (Å²) in [7, 11) is 1.76. The van der Waals surface area contributed by atoms with E-state index in [1.165, 1.54) is 9.70 Å². The fraction of sp³-hybridized carbons (Fsp3) is 0.727. The zero-order chi connectivity index (χ0) is 23.8. The van der Waals surface area contributed by atoms with Gasteiger partial charge >= 0.3 is 0 Å². The Bertz CT molecular complexity index is 990. The molecule has 3 heterocycles. The van der Waals surface area contributed by atoms with Crippen LogP contribution in [0.25, 0.3) is 0 Å². The zero-order valence-corrected chi connectivity index (χ0v) is 19.8. The second-order valence-corrected chi connectivity index (χ2v) is 10.3. The van der Waals surface area contributed by atoms with E-state index < -0.39 is 23.6 Å². The third-order valence-corrected chi connectivity index (χ3v) is 6.26. The molecule has 33 heavy (non-hydrogen) atoms. The average Bonchev–Trinajstić information content (AvgIpc) is 3.13. The Morgan fingerprint density at radius 1 is 1.30 bits per heavy atom. The molecule has 1 aliphatic heterocycles. The zero-order valence-electron chi connectivity index (χ0n) is 19.8. The number of nitrogens with zero attached hydrogens (tertiary/aromatic N) is 7. The van der Waals surface area contributed by atoms with Crippen molar-refractivity contribution >= 4 is 11.8 Å². The predicted octanol–water partition coefficient (Wildman–Crippen LogP) is 0.582. The highest BCUT2D eigenvalue weighted by molar-refractivity contribution is 5.90. The summed E-state index contributed by atoms with van der Waals surface area (Å²) in [6, 6.07) is -1.32. The summed E-state index contributed by atoms with van der Waals surface area (Å²) >= 11 is 0. The van der Waals surface area contributed by atoms with E-state index in [0.717, 1.165) is 24.2 Å². The van der Waals surface area contributed by atoms with Crippen LogP contribution in [0.4, 0.5) is 0 Å². The minimum Gasteiger partial charge on any atom is -0.391 e. The molecule has 2 aromatic heterocycles. The number of likely N-dealkylation sites (tertiary alicyclic amines) is 1.